The average Bonchev–Trinajstić information content (AvgIpc) is 2.41. The van der Waals surface area contributed by atoms with Gasteiger partial charge in [0.05, 0.1) is 0 Å². The Labute approximate surface area is 115 Å². The maximum absolute atomic E-state index is 13.7. The number of rotatable bonds is 8. The van der Waals surface area contributed by atoms with Gasteiger partial charge in [0.1, 0.15) is 5.82 Å². The molecule has 0 amide bonds. The minimum Gasteiger partial charge on any atom is -0.385 e. The number of likely N-dealkylation sites (N-methyl/N-ethyl adjacent to an activating group) is 1. The predicted octanol–water partition coefficient (Wildman–Crippen LogP) is 2.05. The number of hydrogen-bond acceptors (Lipinski definition) is 3. The standard InChI is InChI=1S/C15H25FN2O/c1-15(12-17,18(2)9-6-10-19-3)11-13-7-4-5-8-14(13)16/h4-5,7-8H,6,9-12,17H2,1-3H3. The second-order valence-corrected chi connectivity index (χ2v) is 5.24. The first-order valence-electron chi connectivity index (χ1n) is 6.67. The Morgan fingerprint density at radius 2 is 2.05 bits per heavy atom. The smallest absolute Gasteiger partial charge is 0.126 e. The van der Waals surface area contributed by atoms with Gasteiger partial charge in [0.2, 0.25) is 0 Å². The molecule has 1 aromatic carbocycles. The number of nitrogens with zero attached hydrogens (tertiary/aromatic N) is 1. The van der Waals surface area contributed by atoms with Gasteiger partial charge in [0.15, 0.2) is 0 Å². The quantitative estimate of drug-likeness (QED) is 0.733. The van der Waals surface area contributed by atoms with Crippen LogP contribution in [-0.2, 0) is 11.2 Å². The van der Waals surface area contributed by atoms with Crippen LogP contribution < -0.4 is 5.73 Å². The summed E-state index contributed by atoms with van der Waals surface area (Å²) in [6.07, 6.45) is 1.56. The van der Waals surface area contributed by atoms with Gasteiger partial charge in [-0.1, -0.05) is 18.2 Å². The Morgan fingerprint density at radius 1 is 1.37 bits per heavy atom. The van der Waals surface area contributed by atoms with E-state index in [0.29, 0.717) is 18.5 Å². The van der Waals surface area contributed by atoms with Gasteiger partial charge in [0, 0.05) is 32.3 Å². The van der Waals surface area contributed by atoms with Crippen molar-refractivity contribution in [3.8, 4) is 0 Å². The topological polar surface area (TPSA) is 38.5 Å². The molecule has 0 saturated carbocycles. The van der Waals surface area contributed by atoms with Crippen molar-refractivity contribution in [1.29, 1.82) is 0 Å². The lowest BCUT2D eigenvalue weighted by atomic mass is 9.91. The highest BCUT2D eigenvalue weighted by Gasteiger charge is 2.28. The Kier molecular flexibility index (Phi) is 6.42. The Morgan fingerprint density at radius 3 is 2.63 bits per heavy atom. The van der Waals surface area contributed by atoms with Crippen LogP contribution in [0.15, 0.2) is 24.3 Å². The molecule has 3 nitrogen and oxygen atoms in total. The molecule has 0 bridgehead atoms. The summed E-state index contributed by atoms with van der Waals surface area (Å²) in [5, 5.41) is 0. The zero-order chi connectivity index (χ0) is 14.3. The van der Waals surface area contributed by atoms with Crippen molar-refractivity contribution in [2.45, 2.75) is 25.3 Å². The van der Waals surface area contributed by atoms with Crippen molar-refractivity contribution in [2.24, 2.45) is 5.73 Å². The first-order chi connectivity index (χ1) is 9.03. The summed E-state index contributed by atoms with van der Waals surface area (Å²) in [6.45, 7) is 4.18. The molecule has 2 N–H and O–H groups in total. The molecule has 1 aromatic rings. The van der Waals surface area contributed by atoms with Gasteiger partial charge in [0.25, 0.3) is 0 Å². The maximum Gasteiger partial charge on any atom is 0.126 e. The van der Waals surface area contributed by atoms with Crippen LogP contribution in [0.25, 0.3) is 0 Å². The summed E-state index contributed by atoms with van der Waals surface area (Å²) < 4.78 is 18.8. The second kappa shape index (κ2) is 7.58. The van der Waals surface area contributed by atoms with Gasteiger partial charge in [-0.3, -0.25) is 4.90 Å². The fourth-order valence-corrected chi connectivity index (χ4v) is 2.13. The van der Waals surface area contributed by atoms with Gasteiger partial charge in [-0.25, -0.2) is 4.39 Å². The van der Waals surface area contributed by atoms with Gasteiger partial charge in [-0.15, -0.1) is 0 Å². The SMILES string of the molecule is COCCCN(C)C(C)(CN)Cc1ccccc1F. The molecule has 0 aliphatic heterocycles. The maximum atomic E-state index is 13.7. The van der Waals surface area contributed by atoms with Gasteiger partial charge in [-0.05, 0) is 38.4 Å². The normalized spacial score (nSPS) is 14.6. The van der Waals surface area contributed by atoms with E-state index < -0.39 is 0 Å². The summed E-state index contributed by atoms with van der Waals surface area (Å²) >= 11 is 0. The van der Waals surface area contributed by atoms with Gasteiger partial charge < -0.3 is 10.5 Å². The number of nitrogens with two attached hydrogens (primary N) is 1. The molecular weight excluding hydrogens is 243 g/mol. The Balaban J connectivity index is 2.71. The molecule has 4 heteroatoms. The molecule has 108 valence electrons. The Bertz CT molecular complexity index is 386. The largest absolute Gasteiger partial charge is 0.385 e. The molecule has 19 heavy (non-hydrogen) atoms. The molecule has 0 spiro atoms. The molecular formula is C15H25FN2O. The van der Waals surface area contributed by atoms with Crippen LogP contribution in [0, 0.1) is 5.82 Å². The lowest BCUT2D eigenvalue weighted by Crippen LogP contribution is -2.51. The van der Waals surface area contributed by atoms with E-state index in [1.807, 2.05) is 19.2 Å². The highest BCUT2D eigenvalue weighted by atomic mass is 19.1. The lowest BCUT2D eigenvalue weighted by molar-refractivity contribution is 0.119. The van der Waals surface area contributed by atoms with Crippen LogP contribution in [0.2, 0.25) is 0 Å². The lowest BCUT2D eigenvalue weighted by Gasteiger charge is -2.38. The van der Waals surface area contributed by atoms with Crippen LogP contribution in [-0.4, -0.2) is 44.3 Å². The molecule has 0 fully saturated rings. The van der Waals surface area contributed by atoms with Crippen molar-refractivity contribution in [3.63, 3.8) is 0 Å². The van der Waals surface area contributed by atoms with Crippen LogP contribution >= 0.6 is 0 Å². The fraction of sp³-hybridized carbons (Fsp3) is 0.600. The first-order valence-corrected chi connectivity index (χ1v) is 6.67. The van der Waals surface area contributed by atoms with Crippen molar-refractivity contribution >= 4 is 0 Å². The summed E-state index contributed by atoms with van der Waals surface area (Å²) in [5.41, 5.74) is 6.39. The number of methoxy groups -OCH3 is 1. The van der Waals surface area contributed by atoms with Crippen molar-refractivity contribution < 1.29 is 9.13 Å². The molecule has 1 unspecified atom stereocenters. The van der Waals surface area contributed by atoms with E-state index in [1.165, 1.54) is 6.07 Å². The minimum absolute atomic E-state index is 0.160. The van der Waals surface area contributed by atoms with E-state index in [2.05, 4.69) is 11.8 Å². The first kappa shape index (κ1) is 16.1. The third-order valence-electron chi connectivity index (χ3n) is 3.73. The van der Waals surface area contributed by atoms with Crippen LogP contribution in [0.5, 0.6) is 0 Å². The third-order valence-corrected chi connectivity index (χ3v) is 3.73. The average molecular weight is 268 g/mol. The van der Waals surface area contributed by atoms with E-state index in [-0.39, 0.29) is 11.4 Å². The monoisotopic (exact) mass is 268 g/mol. The number of halogens is 1. The van der Waals surface area contributed by atoms with Gasteiger partial charge >= 0.3 is 0 Å². The Hall–Kier alpha value is -0.970. The molecule has 1 rings (SSSR count). The predicted molar refractivity (Wildman–Crippen MR) is 76.7 cm³/mol. The van der Waals surface area contributed by atoms with E-state index in [1.54, 1.807) is 13.2 Å². The third kappa shape index (κ3) is 4.56. The zero-order valence-electron chi connectivity index (χ0n) is 12.2. The summed E-state index contributed by atoms with van der Waals surface area (Å²) in [5.74, 6) is -0.160. The molecule has 0 aromatic heterocycles. The van der Waals surface area contributed by atoms with E-state index >= 15 is 0 Å². The second-order valence-electron chi connectivity index (χ2n) is 5.24. The van der Waals surface area contributed by atoms with Crippen LogP contribution in [0.4, 0.5) is 4.39 Å². The van der Waals surface area contributed by atoms with Crippen LogP contribution in [0.1, 0.15) is 18.9 Å². The van der Waals surface area contributed by atoms with E-state index in [0.717, 1.165) is 19.6 Å². The molecule has 0 aliphatic carbocycles. The molecule has 0 radical (unpaired) electrons. The number of hydrogen-bond donors (Lipinski definition) is 1. The molecule has 1 atom stereocenters. The summed E-state index contributed by atoms with van der Waals surface area (Å²) in [6, 6.07) is 6.89. The highest BCUT2D eigenvalue weighted by Crippen LogP contribution is 2.20. The number of ether oxygens (including phenoxy) is 1. The number of benzene rings is 1. The van der Waals surface area contributed by atoms with Crippen molar-refractivity contribution in [1.82, 2.24) is 4.90 Å². The van der Waals surface area contributed by atoms with E-state index in [9.17, 15) is 4.39 Å². The van der Waals surface area contributed by atoms with E-state index in [4.69, 9.17) is 10.5 Å². The van der Waals surface area contributed by atoms with Crippen molar-refractivity contribution in [2.75, 3.05) is 33.9 Å². The minimum atomic E-state index is -0.240. The van der Waals surface area contributed by atoms with Gasteiger partial charge in [-0.2, -0.15) is 0 Å². The zero-order valence-corrected chi connectivity index (χ0v) is 12.2. The molecule has 0 saturated heterocycles. The molecule has 0 aliphatic rings. The van der Waals surface area contributed by atoms with Crippen molar-refractivity contribution in [3.05, 3.63) is 35.6 Å². The summed E-state index contributed by atoms with van der Waals surface area (Å²) in [7, 11) is 3.73. The molecule has 0 heterocycles. The fourth-order valence-electron chi connectivity index (χ4n) is 2.13. The summed E-state index contributed by atoms with van der Waals surface area (Å²) in [4.78, 5) is 2.19. The highest BCUT2D eigenvalue weighted by molar-refractivity contribution is 5.20. The van der Waals surface area contributed by atoms with Crippen LogP contribution in [0.3, 0.4) is 0 Å².